The van der Waals surface area contributed by atoms with Crippen LogP contribution in [0.25, 0.3) is 66.0 Å². The largest absolute Gasteiger partial charge is 0.247 e. The molecular formula is C42H27NS. The summed E-state index contributed by atoms with van der Waals surface area (Å²) in [7, 11) is 0. The molecule has 0 bridgehead atoms. The van der Waals surface area contributed by atoms with Crippen LogP contribution < -0.4 is 0 Å². The maximum Gasteiger partial charge on any atom is 0.0851 e. The van der Waals surface area contributed by atoms with E-state index < -0.39 is 0 Å². The van der Waals surface area contributed by atoms with Gasteiger partial charge in [0, 0.05) is 20.9 Å². The van der Waals surface area contributed by atoms with Gasteiger partial charge in [-0.2, -0.15) is 0 Å². The monoisotopic (exact) mass is 577 g/mol. The standard InChI is InChI=1S/C42H27NS/c1-2-11-27(12-3-1)39-26-32-24-30-13-4-9-20-40(30)44-42(32)41(43-39)31-15-10-14-28(23-31)29-21-22-37-35-18-6-5-16-33(35)34-17-7-8-19-36(34)38(37)25-29/h1-23,25-26H,24H2. The zero-order valence-electron chi connectivity index (χ0n) is 24.0. The SMILES string of the molecule is c1ccc(-c2cc3c(c(-c4cccc(-c5ccc6c7ccccc7c7ccccc7c6c5)c4)n2)Sc2ccccc2C3)cc1. The average molecular weight is 578 g/mol. The molecule has 0 fully saturated rings. The van der Waals surface area contributed by atoms with Crippen molar-refractivity contribution in [1.29, 1.82) is 0 Å². The van der Waals surface area contributed by atoms with Crippen LogP contribution in [-0.2, 0) is 6.42 Å². The third-order valence-corrected chi connectivity index (χ3v) is 10.2. The van der Waals surface area contributed by atoms with E-state index in [1.807, 2.05) is 11.8 Å². The first-order valence-corrected chi connectivity index (χ1v) is 15.9. The van der Waals surface area contributed by atoms with Crippen LogP contribution >= 0.6 is 11.8 Å². The molecule has 9 rings (SSSR count). The molecule has 0 aliphatic carbocycles. The van der Waals surface area contributed by atoms with Gasteiger partial charge in [0.25, 0.3) is 0 Å². The maximum absolute atomic E-state index is 5.34. The van der Waals surface area contributed by atoms with Crippen LogP contribution in [-0.4, -0.2) is 4.98 Å². The Bertz CT molecular complexity index is 2350. The molecule has 206 valence electrons. The normalized spacial score (nSPS) is 12.4. The van der Waals surface area contributed by atoms with E-state index in [1.165, 1.54) is 64.4 Å². The van der Waals surface area contributed by atoms with Gasteiger partial charge in [0.2, 0.25) is 0 Å². The van der Waals surface area contributed by atoms with Gasteiger partial charge in [-0.25, -0.2) is 4.98 Å². The van der Waals surface area contributed by atoms with Gasteiger partial charge in [-0.05, 0) is 85.3 Å². The van der Waals surface area contributed by atoms with E-state index in [0.717, 1.165) is 28.9 Å². The van der Waals surface area contributed by atoms with Gasteiger partial charge in [0.1, 0.15) is 0 Å². The van der Waals surface area contributed by atoms with Gasteiger partial charge in [0.05, 0.1) is 11.4 Å². The van der Waals surface area contributed by atoms with Crippen LogP contribution in [0.3, 0.4) is 0 Å². The Morgan fingerprint density at radius 2 is 1.00 bits per heavy atom. The molecule has 0 radical (unpaired) electrons. The van der Waals surface area contributed by atoms with E-state index in [-0.39, 0.29) is 0 Å². The molecule has 1 aliphatic heterocycles. The first-order valence-electron chi connectivity index (χ1n) is 15.1. The second kappa shape index (κ2) is 10.2. The Hall–Kier alpha value is -5.18. The highest BCUT2D eigenvalue weighted by molar-refractivity contribution is 7.99. The van der Waals surface area contributed by atoms with Crippen molar-refractivity contribution < 1.29 is 0 Å². The molecule has 2 heteroatoms. The lowest BCUT2D eigenvalue weighted by molar-refractivity contribution is 1.03. The molecule has 0 saturated heterocycles. The molecule has 8 aromatic rings. The van der Waals surface area contributed by atoms with Crippen molar-refractivity contribution in [3.05, 3.63) is 163 Å². The molecule has 0 spiro atoms. The smallest absolute Gasteiger partial charge is 0.0851 e. The molecule has 2 heterocycles. The quantitative estimate of drug-likeness (QED) is 0.194. The van der Waals surface area contributed by atoms with E-state index >= 15 is 0 Å². The molecule has 0 atom stereocenters. The summed E-state index contributed by atoms with van der Waals surface area (Å²) >= 11 is 1.85. The summed E-state index contributed by atoms with van der Waals surface area (Å²) < 4.78 is 0. The minimum absolute atomic E-state index is 0.916. The Kier molecular flexibility index (Phi) is 5.89. The third-order valence-electron chi connectivity index (χ3n) is 8.90. The van der Waals surface area contributed by atoms with Crippen molar-refractivity contribution in [2.75, 3.05) is 0 Å². The van der Waals surface area contributed by atoms with Crippen molar-refractivity contribution in [2.24, 2.45) is 0 Å². The van der Waals surface area contributed by atoms with Crippen molar-refractivity contribution in [2.45, 2.75) is 16.2 Å². The fourth-order valence-electron chi connectivity index (χ4n) is 6.78. The van der Waals surface area contributed by atoms with Gasteiger partial charge in [0.15, 0.2) is 0 Å². The number of rotatable bonds is 3. The van der Waals surface area contributed by atoms with Crippen LogP contribution in [0, 0.1) is 0 Å². The summed E-state index contributed by atoms with van der Waals surface area (Å²) in [5.74, 6) is 0. The Morgan fingerprint density at radius 3 is 1.77 bits per heavy atom. The summed E-state index contributed by atoms with van der Waals surface area (Å²) in [5.41, 5.74) is 9.50. The number of pyridine rings is 1. The van der Waals surface area contributed by atoms with Crippen molar-refractivity contribution in [3.63, 3.8) is 0 Å². The molecule has 44 heavy (non-hydrogen) atoms. The summed E-state index contributed by atoms with van der Waals surface area (Å²) in [6.45, 7) is 0. The number of hydrogen-bond donors (Lipinski definition) is 0. The topological polar surface area (TPSA) is 12.9 Å². The molecule has 1 nitrogen and oxygen atoms in total. The maximum atomic E-state index is 5.34. The van der Waals surface area contributed by atoms with E-state index in [2.05, 4.69) is 152 Å². The number of hydrogen-bond acceptors (Lipinski definition) is 2. The lowest BCUT2D eigenvalue weighted by atomic mass is 9.91. The first kappa shape index (κ1) is 25.3. The zero-order chi connectivity index (χ0) is 29.0. The summed E-state index contributed by atoms with van der Waals surface area (Å²) in [6.07, 6.45) is 0.916. The van der Waals surface area contributed by atoms with E-state index in [0.29, 0.717) is 0 Å². The van der Waals surface area contributed by atoms with Gasteiger partial charge in [-0.15, -0.1) is 0 Å². The number of nitrogens with zero attached hydrogens (tertiary/aromatic N) is 1. The predicted molar refractivity (Wildman–Crippen MR) is 186 cm³/mol. The average Bonchev–Trinajstić information content (AvgIpc) is 3.10. The molecule has 1 aromatic heterocycles. The van der Waals surface area contributed by atoms with Gasteiger partial charge in [-0.3, -0.25) is 0 Å². The molecular weight excluding hydrogens is 551 g/mol. The highest BCUT2D eigenvalue weighted by Gasteiger charge is 2.22. The summed E-state index contributed by atoms with van der Waals surface area (Å²) in [6, 6.07) is 55.0. The second-order valence-corrected chi connectivity index (χ2v) is 12.6. The fourth-order valence-corrected chi connectivity index (χ4v) is 7.94. The molecule has 0 saturated carbocycles. The van der Waals surface area contributed by atoms with E-state index in [4.69, 9.17) is 4.98 Å². The predicted octanol–water partition coefficient (Wildman–Crippen LogP) is 11.6. The third kappa shape index (κ3) is 4.14. The lowest BCUT2D eigenvalue weighted by Crippen LogP contribution is -2.04. The van der Waals surface area contributed by atoms with Gasteiger partial charge < -0.3 is 0 Å². The number of aromatic nitrogens is 1. The number of benzene rings is 7. The lowest BCUT2D eigenvalue weighted by Gasteiger charge is -2.22. The van der Waals surface area contributed by atoms with Crippen LogP contribution in [0.2, 0.25) is 0 Å². The highest BCUT2D eigenvalue weighted by atomic mass is 32.2. The van der Waals surface area contributed by atoms with Crippen molar-refractivity contribution in [1.82, 2.24) is 4.98 Å². The van der Waals surface area contributed by atoms with Gasteiger partial charge in [-0.1, -0.05) is 139 Å². The highest BCUT2D eigenvalue weighted by Crippen LogP contribution is 2.46. The Balaban J connectivity index is 1.23. The first-order chi connectivity index (χ1) is 21.8. The molecule has 1 aliphatic rings. The second-order valence-electron chi connectivity index (χ2n) is 11.5. The van der Waals surface area contributed by atoms with Crippen molar-refractivity contribution in [3.8, 4) is 33.6 Å². The van der Waals surface area contributed by atoms with Crippen LogP contribution in [0.15, 0.2) is 161 Å². The minimum Gasteiger partial charge on any atom is -0.247 e. The molecule has 0 amide bonds. The van der Waals surface area contributed by atoms with E-state index in [9.17, 15) is 0 Å². The van der Waals surface area contributed by atoms with E-state index in [1.54, 1.807) is 0 Å². The molecule has 0 unspecified atom stereocenters. The van der Waals surface area contributed by atoms with Gasteiger partial charge >= 0.3 is 0 Å². The zero-order valence-corrected chi connectivity index (χ0v) is 24.8. The Labute approximate surface area is 260 Å². The van der Waals surface area contributed by atoms with Crippen LogP contribution in [0.4, 0.5) is 0 Å². The van der Waals surface area contributed by atoms with Crippen molar-refractivity contribution >= 4 is 44.1 Å². The van der Waals surface area contributed by atoms with Crippen LogP contribution in [0.1, 0.15) is 11.1 Å². The summed E-state index contributed by atoms with van der Waals surface area (Å²) in [4.78, 5) is 7.92. The molecule has 7 aromatic carbocycles. The molecule has 0 N–H and O–H groups in total. The van der Waals surface area contributed by atoms with Crippen LogP contribution in [0.5, 0.6) is 0 Å². The Morgan fingerprint density at radius 1 is 0.409 bits per heavy atom. The minimum atomic E-state index is 0.916. The fraction of sp³-hybridized carbons (Fsp3) is 0.0238. The summed E-state index contributed by atoms with van der Waals surface area (Å²) in [5, 5.41) is 7.77. The number of fused-ring (bicyclic) bond motifs is 8.